The van der Waals surface area contributed by atoms with E-state index >= 15 is 0 Å². The third-order valence-electron chi connectivity index (χ3n) is 3.83. The van der Waals surface area contributed by atoms with Crippen molar-refractivity contribution in [2.45, 2.75) is 39.2 Å². The zero-order valence-electron chi connectivity index (χ0n) is 10.6. The molecule has 1 heterocycles. The number of halogens is 1. The van der Waals surface area contributed by atoms with Crippen LogP contribution < -0.4 is 5.73 Å². The summed E-state index contributed by atoms with van der Waals surface area (Å²) in [6.07, 6.45) is 6.48. The van der Waals surface area contributed by atoms with Crippen molar-refractivity contribution in [2.24, 2.45) is 23.5 Å². The highest BCUT2D eigenvalue weighted by molar-refractivity contribution is 5.15. The lowest BCUT2D eigenvalue weighted by molar-refractivity contribution is 0.193. The topological polar surface area (TPSA) is 38.9 Å². The van der Waals surface area contributed by atoms with Crippen molar-refractivity contribution in [2.75, 3.05) is 0 Å². The molecule has 2 rings (SSSR count). The third-order valence-corrected chi connectivity index (χ3v) is 3.83. The lowest BCUT2D eigenvalue weighted by Crippen LogP contribution is -2.29. The number of hydrogen-bond donors (Lipinski definition) is 1. The van der Waals surface area contributed by atoms with Gasteiger partial charge in [0.05, 0.1) is 6.20 Å². The smallest absolute Gasteiger partial charge is 0.141 e. The van der Waals surface area contributed by atoms with E-state index < -0.39 is 0 Å². The van der Waals surface area contributed by atoms with Crippen LogP contribution >= 0.6 is 0 Å². The van der Waals surface area contributed by atoms with Crippen molar-refractivity contribution in [3.05, 3.63) is 29.8 Å². The zero-order chi connectivity index (χ0) is 12.4. The monoisotopic (exact) mass is 236 g/mol. The standard InChI is InChI=1S/C14H21FN2/c1-9-3-10(2)5-11(4-9)14(16)12-6-13(15)8-17-7-12/h6-11,14H,3-5,16H2,1-2H3. The van der Waals surface area contributed by atoms with E-state index in [-0.39, 0.29) is 11.9 Å². The van der Waals surface area contributed by atoms with Crippen LogP contribution in [0.15, 0.2) is 18.5 Å². The Morgan fingerprint density at radius 2 is 1.88 bits per heavy atom. The van der Waals surface area contributed by atoms with Gasteiger partial charge in [0.2, 0.25) is 0 Å². The predicted molar refractivity (Wildman–Crippen MR) is 66.8 cm³/mol. The molecule has 3 atom stereocenters. The summed E-state index contributed by atoms with van der Waals surface area (Å²) in [5, 5.41) is 0. The third kappa shape index (κ3) is 3.03. The molecule has 0 aromatic carbocycles. The van der Waals surface area contributed by atoms with Crippen molar-refractivity contribution in [3.63, 3.8) is 0 Å². The predicted octanol–water partition coefficient (Wildman–Crippen LogP) is 3.29. The molecule has 0 saturated heterocycles. The minimum Gasteiger partial charge on any atom is -0.324 e. The molecule has 1 saturated carbocycles. The molecule has 0 bridgehead atoms. The Morgan fingerprint density at radius 1 is 1.24 bits per heavy atom. The molecule has 0 radical (unpaired) electrons. The summed E-state index contributed by atoms with van der Waals surface area (Å²) < 4.78 is 13.1. The van der Waals surface area contributed by atoms with Crippen LogP contribution in [0.1, 0.15) is 44.7 Å². The molecule has 3 unspecified atom stereocenters. The number of rotatable bonds is 2. The van der Waals surface area contributed by atoms with Crippen molar-refractivity contribution >= 4 is 0 Å². The van der Waals surface area contributed by atoms with Gasteiger partial charge in [-0.05, 0) is 48.6 Å². The minimum atomic E-state index is -0.296. The fraction of sp³-hybridized carbons (Fsp3) is 0.643. The van der Waals surface area contributed by atoms with Gasteiger partial charge in [0, 0.05) is 12.2 Å². The lowest BCUT2D eigenvalue weighted by atomic mass is 9.73. The molecule has 1 aliphatic rings. The van der Waals surface area contributed by atoms with Crippen molar-refractivity contribution in [1.29, 1.82) is 0 Å². The van der Waals surface area contributed by atoms with E-state index in [0.717, 1.165) is 30.2 Å². The SMILES string of the molecule is CC1CC(C)CC(C(N)c2cncc(F)c2)C1. The van der Waals surface area contributed by atoms with Crippen molar-refractivity contribution in [3.8, 4) is 0 Å². The van der Waals surface area contributed by atoms with E-state index in [1.54, 1.807) is 6.20 Å². The van der Waals surface area contributed by atoms with Crippen LogP contribution in [-0.2, 0) is 0 Å². The van der Waals surface area contributed by atoms with Gasteiger partial charge in [-0.2, -0.15) is 0 Å². The van der Waals surface area contributed by atoms with Gasteiger partial charge in [-0.3, -0.25) is 4.98 Å². The highest BCUT2D eigenvalue weighted by Gasteiger charge is 2.29. The molecule has 0 spiro atoms. The van der Waals surface area contributed by atoms with Gasteiger partial charge in [0.1, 0.15) is 5.82 Å². The molecule has 1 aromatic rings. The molecule has 0 amide bonds. The minimum absolute atomic E-state index is 0.0802. The number of hydrogen-bond acceptors (Lipinski definition) is 2. The van der Waals surface area contributed by atoms with Crippen LogP contribution in [0.5, 0.6) is 0 Å². The Balaban J connectivity index is 2.11. The summed E-state index contributed by atoms with van der Waals surface area (Å²) in [6, 6.07) is 1.44. The lowest BCUT2D eigenvalue weighted by Gasteiger charge is -2.35. The maximum absolute atomic E-state index is 13.1. The summed E-state index contributed by atoms with van der Waals surface area (Å²) in [4.78, 5) is 3.88. The Kier molecular flexibility index (Phi) is 3.77. The maximum Gasteiger partial charge on any atom is 0.141 e. The van der Waals surface area contributed by atoms with Crippen LogP contribution in [0, 0.1) is 23.6 Å². The number of aromatic nitrogens is 1. The van der Waals surface area contributed by atoms with Gasteiger partial charge in [-0.25, -0.2) is 4.39 Å². The Hall–Kier alpha value is -0.960. The van der Waals surface area contributed by atoms with Gasteiger partial charge in [0.25, 0.3) is 0 Å². The maximum atomic E-state index is 13.1. The van der Waals surface area contributed by atoms with E-state index in [9.17, 15) is 4.39 Å². The molecule has 0 aliphatic heterocycles. The van der Waals surface area contributed by atoms with Gasteiger partial charge in [-0.15, -0.1) is 0 Å². The Bertz CT molecular complexity index is 370. The van der Waals surface area contributed by atoms with Crippen molar-refractivity contribution < 1.29 is 4.39 Å². The van der Waals surface area contributed by atoms with Crippen molar-refractivity contribution in [1.82, 2.24) is 4.98 Å². The molecule has 94 valence electrons. The first-order chi connectivity index (χ1) is 8.06. The summed E-state index contributed by atoms with van der Waals surface area (Å²) in [5.74, 6) is 1.60. The van der Waals surface area contributed by atoms with E-state index in [2.05, 4.69) is 18.8 Å². The summed E-state index contributed by atoms with van der Waals surface area (Å²) >= 11 is 0. The van der Waals surface area contributed by atoms with Gasteiger partial charge in [-0.1, -0.05) is 13.8 Å². The molecule has 2 N–H and O–H groups in total. The highest BCUT2D eigenvalue weighted by Crippen LogP contribution is 2.38. The van der Waals surface area contributed by atoms with Crippen LogP contribution in [0.3, 0.4) is 0 Å². The van der Waals surface area contributed by atoms with Crippen LogP contribution in [0.25, 0.3) is 0 Å². The fourth-order valence-corrected chi connectivity index (χ4v) is 3.19. The Labute approximate surface area is 102 Å². The highest BCUT2D eigenvalue weighted by atomic mass is 19.1. The quantitative estimate of drug-likeness (QED) is 0.855. The average molecular weight is 236 g/mol. The van der Waals surface area contributed by atoms with Crippen LogP contribution in [0.2, 0.25) is 0 Å². The van der Waals surface area contributed by atoms with Crippen LogP contribution in [-0.4, -0.2) is 4.98 Å². The van der Waals surface area contributed by atoms with Gasteiger partial charge in [0.15, 0.2) is 0 Å². The second-order valence-corrected chi connectivity index (χ2v) is 5.64. The molecular formula is C14H21FN2. The van der Waals surface area contributed by atoms with Crippen LogP contribution in [0.4, 0.5) is 4.39 Å². The summed E-state index contributed by atoms with van der Waals surface area (Å²) in [5.41, 5.74) is 7.09. The first-order valence-electron chi connectivity index (χ1n) is 6.42. The zero-order valence-corrected chi connectivity index (χ0v) is 10.6. The number of nitrogens with zero attached hydrogens (tertiary/aromatic N) is 1. The molecule has 1 aromatic heterocycles. The molecular weight excluding hydrogens is 215 g/mol. The molecule has 17 heavy (non-hydrogen) atoms. The molecule has 1 fully saturated rings. The normalized spacial score (nSPS) is 31.2. The fourth-order valence-electron chi connectivity index (χ4n) is 3.19. The van der Waals surface area contributed by atoms with E-state index in [1.807, 2.05) is 0 Å². The summed E-state index contributed by atoms with van der Waals surface area (Å²) in [7, 11) is 0. The first kappa shape index (κ1) is 12.5. The molecule has 3 heteroatoms. The second kappa shape index (κ2) is 5.13. The molecule has 1 aliphatic carbocycles. The number of nitrogens with two attached hydrogens (primary N) is 1. The first-order valence-corrected chi connectivity index (χ1v) is 6.42. The van der Waals surface area contributed by atoms with Gasteiger partial charge >= 0.3 is 0 Å². The van der Waals surface area contributed by atoms with Gasteiger partial charge < -0.3 is 5.73 Å². The van der Waals surface area contributed by atoms with E-state index in [0.29, 0.717) is 5.92 Å². The van der Waals surface area contributed by atoms with E-state index in [4.69, 9.17) is 5.73 Å². The summed E-state index contributed by atoms with van der Waals surface area (Å²) in [6.45, 7) is 4.55. The average Bonchev–Trinajstić information content (AvgIpc) is 2.26. The van der Waals surface area contributed by atoms with E-state index in [1.165, 1.54) is 18.7 Å². The largest absolute Gasteiger partial charge is 0.324 e. The molecule has 2 nitrogen and oxygen atoms in total. The number of pyridine rings is 1. The Morgan fingerprint density at radius 3 is 2.47 bits per heavy atom. The second-order valence-electron chi connectivity index (χ2n) is 5.64.